The summed E-state index contributed by atoms with van der Waals surface area (Å²) in [6, 6.07) is 0. The molecule has 2 N–H and O–H groups in total. The van der Waals surface area contributed by atoms with Gasteiger partial charge in [0.15, 0.2) is 0 Å². The molecular formula is C25H36BN5O5. The smallest absolute Gasteiger partial charge is 0.404 e. The third kappa shape index (κ3) is 4.51. The Labute approximate surface area is 212 Å². The van der Waals surface area contributed by atoms with Crippen LogP contribution < -0.4 is 10.6 Å². The van der Waals surface area contributed by atoms with E-state index in [1.54, 1.807) is 0 Å². The number of amides is 2. The highest BCUT2D eigenvalue weighted by Crippen LogP contribution is 2.65. The number of oxime groups is 1. The molecule has 1 aromatic rings. The van der Waals surface area contributed by atoms with E-state index in [4.69, 9.17) is 14.1 Å². The van der Waals surface area contributed by atoms with Gasteiger partial charge in [0.2, 0.25) is 6.10 Å². The summed E-state index contributed by atoms with van der Waals surface area (Å²) >= 11 is 0. The number of rotatable bonds is 8. The van der Waals surface area contributed by atoms with E-state index in [9.17, 15) is 9.59 Å². The van der Waals surface area contributed by atoms with Gasteiger partial charge in [0, 0.05) is 18.8 Å². The van der Waals surface area contributed by atoms with Crippen molar-refractivity contribution in [3.8, 4) is 0 Å². The van der Waals surface area contributed by atoms with Crippen LogP contribution in [-0.2, 0) is 18.9 Å². The Hall–Kier alpha value is -2.53. The first kappa shape index (κ1) is 25.1. The second-order valence-electron chi connectivity index (χ2n) is 11.8. The molecule has 10 nitrogen and oxygen atoms in total. The second-order valence-corrected chi connectivity index (χ2v) is 11.8. The fraction of sp³-hybridized carbons (Fsp3) is 0.720. The van der Waals surface area contributed by atoms with Gasteiger partial charge < -0.3 is 24.8 Å². The largest absolute Gasteiger partial charge is 0.481 e. The normalized spacial score (nSPS) is 32.7. The molecule has 0 aromatic carbocycles. The van der Waals surface area contributed by atoms with Gasteiger partial charge >= 0.3 is 7.12 Å². The average Bonchev–Trinajstić information content (AvgIpc) is 3.46. The van der Waals surface area contributed by atoms with Gasteiger partial charge in [-0.25, -0.2) is 4.98 Å². The highest BCUT2D eigenvalue weighted by molar-refractivity contribution is 6.48. The molecule has 11 heteroatoms. The first-order chi connectivity index (χ1) is 17.1. The maximum Gasteiger partial charge on any atom is 0.481 e. The molecule has 6 atom stereocenters. The number of carbonyl (C=O) groups is 2. The van der Waals surface area contributed by atoms with Gasteiger partial charge in [0.1, 0.15) is 5.69 Å². The molecule has 3 heterocycles. The van der Waals surface area contributed by atoms with Gasteiger partial charge in [-0.1, -0.05) is 32.9 Å². The highest BCUT2D eigenvalue weighted by Gasteiger charge is 2.68. The lowest BCUT2D eigenvalue weighted by molar-refractivity contribution is -0.199. The van der Waals surface area contributed by atoms with E-state index >= 15 is 0 Å². The Morgan fingerprint density at radius 3 is 2.72 bits per heavy atom. The molecule has 0 radical (unpaired) electrons. The molecule has 6 rings (SSSR count). The van der Waals surface area contributed by atoms with Crippen LogP contribution in [0, 0.1) is 23.2 Å². The molecule has 2 bridgehead atoms. The zero-order chi connectivity index (χ0) is 25.7. The van der Waals surface area contributed by atoms with Crippen LogP contribution in [0.5, 0.6) is 0 Å². The minimum absolute atomic E-state index is 0.0569. The van der Waals surface area contributed by atoms with E-state index in [-0.39, 0.29) is 47.1 Å². The number of aromatic nitrogens is 2. The van der Waals surface area contributed by atoms with Crippen molar-refractivity contribution in [1.29, 1.82) is 0 Å². The number of nitrogens with zero attached hydrogens (tertiary/aromatic N) is 3. The Balaban J connectivity index is 1.16. The van der Waals surface area contributed by atoms with Crippen molar-refractivity contribution in [3.63, 3.8) is 0 Å². The summed E-state index contributed by atoms with van der Waals surface area (Å²) in [6.07, 6.45) is 6.85. The standard InChI is InChI=1S/C25H36BN5O5/c1-14(2)8-21(26-34-20-10-15-9-19(24(15,3)4)25(20,5)36-26)30-23(33)18-11-16(31-35-18)12-29-22(32)17-13-27-6-7-28-17/h6-7,13-15,18-21H,8-12H2,1-5H3,(H,29,32)(H,30,33)/t15-,18?,19-,20+,21-,25-/m0/s1. The van der Waals surface area contributed by atoms with Crippen LogP contribution in [0.2, 0.25) is 0 Å². The van der Waals surface area contributed by atoms with Crippen molar-refractivity contribution in [1.82, 2.24) is 20.6 Å². The monoisotopic (exact) mass is 497 g/mol. The molecule has 1 unspecified atom stereocenters. The minimum atomic E-state index is -0.755. The Morgan fingerprint density at radius 2 is 2.03 bits per heavy atom. The predicted molar refractivity (Wildman–Crippen MR) is 133 cm³/mol. The lowest BCUT2D eigenvalue weighted by Gasteiger charge is -2.64. The summed E-state index contributed by atoms with van der Waals surface area (Å²) in [5.41, 5.74) is 0.731. The van der Waals surface area contributed by atoms with E-state index < -0.39 is 13.2 Å². The summed E-state index contributed by atoms with van der Waals surface area (Å²) in [5.74, 6) is 0.567. The number of hydrogen-bond acceptors (Lipinski definition) is 8. The Morgan fingerprint density at radius 1 is 1.22 bits per heavy atom. The van der Waals surface area contributed by atoms with Gasteiger partial charge in [0.05, 0.1) is 36.1 Å². The lowest BCUT2D eigenvalue weighted by Crippen LogP contribution is -2.65. The van der Waals surface area contributed by atoms with E-state index in [1.165, 1.54) is 25.0 Å². The van der Waals surface area contributed by atoms with Crippen LogP contribution in [0.3, 0.4) is 0 Å². The van der Waals surface area contributed by atoms with Crippen molar-refractivity contribution in [2.24, 2.45) is 28.3 Å². The topological polar surface area (TPSA) is 124 Å². The number of carbonyl (C=O) groups excluding carboxylic acids is 2. The summed E-state index contributed by atoms with van der Waals surface area (Å²) in [7, 11) is -0.491. The summed E-state index contributed by atoms with van der Waals surface area (Å²) in [6.45, 7) is 11.3. The molecule has 1 saturated heterocycles. The van der Waals surface area contributed by atoms with Gasteiger partial charge in [0.25, 0.3) is 11.8 Å². The first-order valence-corrected chi connectivity index (χ1v) is 13.0. The van der Waals surface area contributed by atoms with Crippen molar-refractivity contribution in [2.45, 2.75) is 84.1 Å². The zero-order valence-corrected chi connectivity index (χ0v) is 21.7. The van der Waals surface area contributed by atoms with E-state index in [1.807, 2.05) is 0 Å². The third-order valence-electron chi connectivity index (χ3n) is 8.62. The molecule has 2 amide bonds. The zero-order valence-electron chi connectivity index (χ0n) is 21.7. The molecule has 3 saturated carbocycles. The quantitative estimate of drug-likeness (QED) is 0.528. The van der Waals surface area contributed by atoms with Crippen LogP contribution in [0.15, 0.2) is 23.7 Å². The maximum atomic E-state index is 13.1. The van der Waals surface area contributed by atoms with Gasteiger partial charge in [-0.3, -0.25) is 14.6 Å². The molecule has 2 aliphatic heterocycles. The van der Waals surface area contributed by atoms with E-state index in [2.05, 4.69) is 60.4 Å². The number of hydrogen-bond donors (Lipinski definition) is 2. The lowest BCUT2D eigenvalue weighted by atomic mass is 9.43. The van der Waals surface area contributed by atoms with Gasteiger partial charge in [-0.05, 0) is 49.4 Å². The van der Waals surface area contributed by atoms with Crippen molar-refractivity contribution >= 4 is 24.6 Å². The van der Waals surface area contributed by atoms with Gasteiger partial charge in [-0.15, -0.1) is 0 Å². The maximum absolute atomic E-state index is 13.1. The van der Waals surface area contributed by atoms with E-state index in [0.717, 1.165) is 12.8 Å². The Kier molecular flexibility index (Phi) is 6.57. The molecule has 0 spiro atoms. The van der Waals surface area contributed by atoms with Crippen molar-refractivity contribution < 1.29 is 23.7 Å². The minimum Gasteiger partial charge on any atom is -0.404 e. The van der Waals surface area contributed by atoms with Crippen LogP contribution >= 0.6 is 0 Å². The summed E-state index contributed by atoms with van der Waals surface area (Å²) in [4.78, 5) is 38.6. The van der Waals surface area contributed by atoms with Crippen molar-refractivity contribution in [2.75, 3.05) is 6.54 Å². The molecule has 4 fully saturated rings. The third-order valence-corrected chi connectivity index (χ3v) is 8.62. The molecular weight excluding hydrogens is 461 g/mol. The van der Waals surface area contributed by atoms with Crippen LogP contribution in [0.4, 0.5) is 0 Å². The highest BCUT2D eigenvalue weighted by atomic mass is 16.7. The average molecular weight is 497 g/mol. The van der Waals surface area contributed by atoms with Crippen LogP contribution in [0.25, 0.3) is 0 Å². The van der Waals surface area contributed by atoms with E-state index in [0.29, 0.717) is 29.9 Å². The fourth-order valence-corrected chi connectivity index (χ4v) is 6.45. The molecule has 36 heavy (non-hydrogen) atoms. The van der Waals surface area contributed by atoms with Gasteiger partial charge in [-0.2, -0.15) is 0 Å². The second kappa shape index (κ2) is 9.41. The Bertz CT molecular complexity index is 1040. The molecule has 5 aliphatic rings. The first-order valence-electron chi connectivity index (χ1n) is 13.0. The molecule has 194 valence electrons. The molecule has 3 aliphatic carbocycles. The van der Waals surface area contributed by atoms with Crippen LogP contribution in [-0.4, -0.2) is 64.9 Å². The fourth-order valence-electron chi connectivity index (χ4n) is 6.45. The predicted octanol–water partition coefficient (Wildman–Crippen LogP) is 2.15. The number of nitrogens with one attached hydrogen (secondary N) is 2. The van der Waals surface area contributed by atoms with Crippen molar-refractivity contribution in [3.05, 3.63) is 24.3 Å². The molecule has 1 aromatic heterocycles. The summed E-state index contributed by atoms with van der Waals surface area (Å²) < 4.78 is 13.1. The SMILES string of the molecule is CC(C)C[C@H](NC(=O)C1CC(CNC(=O)c2cnccn2)=NO1)B1O[C@@H]2C[C@@H]3C[C@@H](C3(C)C)[C@]2(C)O1. The van der Waals surface area contributed by atoms with Crippen LogP contribution in [0.1, 0.15) is 70.8 Å². The summed E-state index contributed by atoms with van der Waals surface area (Å²) in [5, 5.41) is 9.88.